The third-order valence-electron chi connectivity index (χ3n) is 2.58. The van der Waals surface area contributed by atoms with Crippen molar-refractivity contribution in [2.75, 3.05) is 7.11 Å². The lowest BCUT2D eigenvalue weighted by Crippen LogP contribution is -2.25. The minimum Gasteiger partial charge on any atom is -0.476 e. The Labute approximate surface area is 129 Å². The SMILES string of the molecule is COC(=O)[C@H](C)Oc1c(I)cc(Cl)c2cccnc12. The molecule has 4 nitrogen and oxygen atoms in total. The van der Waals surface area contributed by atoms with Crippen LogP contribution in [-0.2, 0) is 9.53 Å². The highest BCUT2D eigenvalue weighted by atomic mass is 127. The van der Waals surface area contributed by atoms with Crippen LogP contribution >= 0.6 is 34.2 Å². The Morgan fingerprint density at radius 2 is 2.26 bits per heavy atom. The first-order valence-corrected chi connectivity index (χ1v) is 6.97. The first kappa shape index (κ1) is 14.3. The Morgan fingerprint density at radius 1 is 1.53 bits per heavy atom. The van der Waals surface area contributed by atoms with Gasteiger partial charge in [-0.05, 0) is 47.7 Å². The number of halogens is 2. The van der Waals surface area contributed by atoms with E-state index in [4.69, 9.17) is 16.3 Å². The van der Waals surface area contributed by atoms with Crippen molar-refractivity contribution >= 4 is 51.1 Å². The number of esters is 1. The van der Waals surface area contributed by atoms with E-state index in [9.17, 15) is 4.79 Å². The van der Waals surface area contributed by atoms with E-state index < -0.39 is 12.1 Å². The van der Waals surface area contributed by atoms with E-state index in [-0.39, 0.29) is 0 Å². The molecule has 2 aromatic rings. The molecule has 1 atom stereocenters. The zero-order valence-electron chi connectivity index (χ0n) is 10.3. The van der Waals surface area contributed by atoms with Gasteiger partial charge in [-0.25, -0.2) is 4.79 Å². The van der Waals surface area contributed by atoms with Crippen LogP contribution in [0.3, 0.4) is 0 Å². The lowest BCUT2D eigenvalue weighted by Gasteiger charge is -2.15. The summed E-state index contributed by atoms with van der Waals surface area (Å²) >= 11 is 8.27. The maximum absolute atomic E-state index is 11.4. The van der Waals surface area contributed by atoms with Gasteiger partial charge in [0.15, 0.2) is 11.9 Å². The Morgan fingerprint density at radius 3 is 2.95 bits per heavy atom. The van der Waals surface area contributed by atoms with Crippen LogP contribution in [0.2, 0.25) is 5.02 Å². The molecule has 2 rings (SSSR count). The van der Waals surface area contributed by atoms with Crippen molar-refractivity contribution in [1.82, 2.24) is 4.98 Å². The van der Waals surface area contributed by atoms with Crippen molar-refractivity contribution in [2.45, 2.75) is 13.0 Å². The van der Waals surface area contributed by atoms with Gasteiger partial charge in [-0.1, -0.05) is 11.6 Å². The number of ether oxygens (including phenoxy) is 2. The molecule has 0 radical (unpaired) electrons. The molecule has 1 heterocycles. The molecule has 0 saturated carbocycles. The Kier molecular flexibility index (Phi) is 4.46. The second-order valence-corrected chi connectivity index (χ2v) is 5.42. The number of hydrogen-bond acceptors (Lipinski definition) is 4. The molecule has 0 N–H and O–H groups in total. The molecule has 0 aliphatic rings. The average molecular weight is 392 g/mol. The van der Waals surface area contributed by atoms with Gasteiger partial charge in [0.05, 0.1) is 15.7 Å². The van der Waals surface area contributed by atoms with Crippen molar-refractivity contribution in [2.24, 2.45) is 0 Å². The van der Waals surface area contributed by atoms with Crippen molar-refractivity contribution in [3.8, 4) is 5.75 Å². The van der Waals surface area contributed by atoms with Crippen LogP contribution in [0.25, 0.3) is 10.9 Å². The summed E-state index contributed by atoms with van der Waals surface area (Å²) in [6, 6.07) is 5.44. The number of benzene rings is 1. The maximum Gasteiger partial charge on any atom is 0.346 e. The van der Waals surface area contributed by atoms with Gasteiger partial charge in [0, 0.05) is 11.6 Å². The molecule has 0 aliphatic heterocycles. The smallest absolute Gasteiger partial charge is 0.346 e. The highest BCUT2D eigenvalue weighted by Crippen LogP contribution is 2.35. The van der Waals surface area contributed by atoms with E-state index in [0.717, 1.165) is 8.96 Å². The molecule has 1 aromatic carbocycles. The minimum atomic E-state index is -0.704. The minimum absolute atomic E-state index is 0.435. The summed E-state index contributed by atoms with van der Waals surface area (Å²) in [5.41, 5.74) is 0.634. The van der Waals surface area contributed by atoms with Gasteiger partial charge in [-0.3, -0.25) is 4.98 Å². The van der Waals surface area contributed by atoms with Crippen molar-refractivity contribution in [3.63, 3.8) is 0 Å². The van der Waals surface area contributed by atoms with Crippen LogP contribution in [-0.4, -0.2) is 24.2 Å². The van der Waals surface area contributed by atoms with Gasteiger partial charge in [0.25, 0.3) is 0 Å². The van der Waals surface area contributed by atoms with E-state index in [1.165, 1.54) is 7.11 Å². The van der Waals surface area contributed by atoms with Crippen LogP contribution in [0, 0.1) is 3.57 Å². The first-order valence-electron chi connectivity index (χ1n) is 5.51. The lowest BCUT2D eigenvalue weighted by atomic mass is 10.2. The number of methoxy groups -OCH3 is 1. The molecule has 0 aliphatic carbocycles. The highest BCUT2D eigenvalue weighted by Gasteiger charge is 2.19. The fraction of sp³-hybridized carbons (Fsp3) is 0.231. The molecule has 0 fully saturated rings. The van der Waals surface area contributed by atoms with Gasteiger partial charge in [-0.15, -0.1) is 0 Å². The monoisotopic (exact) mass is 391 g/mol. The molecule has 100 valence electrons. The number of rotatable bonds is 3. The molecule has 6 heteroatoms. The summed E-state index contributed by atoms with van der Waals surface area (Å²) in [5.74, 6) is 0.105. The molecule has 1 aromatic heterocycles. The third kappa shape index (κ3) is 2.92. The Bertz CT molecular complexity index is 633. The standard InChI is InChI=1S/C13H11ClINO3/c1-7(13(17)18-2)19-12-10(15)6-9(14)8-4-3-5-16-11(8)12/h3-7H,1-2H3/t7-/m0/s1. The second kappa shape index (κ2) is 5.92. The van der Waals surface area contributed by atoms with Gasteiger partial charge >= 0.3 is 5.97 Å². The summed E-state index contributed by atoms with van der Waals surface area (Å²) in [5, 5.41) is 1.39. The van der Waals surface area contributed by atoms with Gasteiger partial charge < -0.3 is 9.47 Å². The molecular weight excluding hydrogens is 381 g/mol. The summed E-state index contributed by atoms with van der Waals surface area (Å²) < 4.78 is 11.1. The zero-order valence-corrected chi connectivity index (χ0v) is 13.2. The van der Waals surface area contributed by atoms with Crippen LogP contribution in [0.1, 0.15) is 6.92 Å². The Balaban J connectivity index is 2.51. The van der Waals surface area contributed by atoms with Crippen molar-refractivity contribution < 1.29 is 14.3 Å². The largest absolute Gasteiger partial charge is 0.476 e. The number of carbonyl (C=O) groups is 1. The molecule has 0 bridgehead atoms. The van der Waals surface area contributed by atoms with Gasteiger partial charge in [-0.2, -0.15) is 0 Å². The average Bonchev–Trinajstić information content (AvgIpc) is 2.42. The maximum atomic E-state index is 11.4. The number of fused-ring (bicyclic) bond motifs is 1. The van der Waals surface area contributed by atoms with E-state index >= 15 is 0 Å². The van der Waals surface area contributed by atoms with E-state index in [1.54, 1.807) is 25.3 Å². The summed E-state index contributed by atoms with van der Waals surface area (Å²) in [6.45, 7) is 1.63. The number of nitrogens with zero attached hydrogens (tertiary/aromatic N) is 1. The number of carbonyl (C=O) groups excluding carboxylic acids is 1. The van der Waals surface area contributed by atoms with E-state index in [2.05, 4.69) is 32.3 Å². The van der Waals surface area contributed by atoms with Gasteiger partial charge in [0.1, 0.15) is 5.52 Å². The summed E-state index contributed by atoms with van der Waals surface area (Å²) in [4.78, 5) is 15.7. The van der Waals surface area contributed by atoms with Crippen LogP contribution in [0.5, 0.6) is 5.75 Å². The van der Waals surface area contributed by atoms with Crippen molar-refractivity contribution in [3.05, 3.63) is 33.0 Å². The van der Waals surface area contributed by atoms with Gasteiger partial charge in [0.2, 0.25) is 0 Å². The fourth-order valence-corrected chi connectivity index (χ4v) is 2.79. The first-order chi connectivity index (χ1) is 9.04. The summed E-state index contributed by atoms with van der Waals surface area (Å²) in [6.07, 6.45) is 0.953. The predicted octanol–water partition coefficient (Wildman–Crippen LogP) is 3.43. The van der Waals surface area contributed by atoms with Crippen LogP contribution in [0.4, 0.5) is 0 Å². The third-order valence-corrected chi connectivity index (χ3v) is 3.69. The quantitative estimate of drug-likeness (QED) is 0.594. The Hall–Kier alpha value is -1.08. The lowest BCUT2D eigenvalue weighted by molar-refractivity contribution is -0.147. The summed E-state index contributed by atoms with van der Waals surface area (Å²) in [7, 11) is 1.32. The number of hydrogen-bond donors (Lipinski definition) is 0. The number of aromatic nitrogens is 1. The molecular formula is C13H11ClINO3. The zero-order chi connectivity index (χ0) is 14.0. The molecule has 0 spiro atoms. The van der Waals surface area contributed by atoms with Crippen LogP contribution < -0.4 is 4.74 Å². The molecule has 0 saturated heterocycles. The predicted molar refractivity (Wildman–Crippen MR) is 81.6 cm³/mol. The highest BCUT2D eigenvalue weighted by molar-refractivity contribution is 14.1. The van der Waals surface area contributed by atoms with E-state index in [0.29, 0.717) is 16.3 Å². The molecule has 0 amide bonds. The number of pyridine rings is 1. The fourth-order valence-electron chi connectivity index (χ4n) is 1.65. The van der Waals surface area contributed by atoms with E-state index in [1.807, 2.05) is 6.07 Å². The molecule has 19 heavy (non-hydrogen) atoms. The second-order valence-electron chi connectivity index (χ2n) is 3.85. The van der Waals surface area contributed by atoms with Crippen molar-refractivity contribution in [1.29, 1.82) is 0 Å². The normalized spacial score (nSPS) is 12.2. The molecule has 0 unspecified atom stereocenters. The van der Waals surface area contributed by atoms with Crippen LogP contribution in [0.15, 0.2) is 24.4 Å². The topological polar surface area (TPSA) is 48.4 Å².